The molecule has 0 aliphatic heterocycles. The summed E-state index contributed by atoms with van der Waals surface area (Å²) in [4.78, 5) is 0.402. The summed E-state index contributed by atoms with van der Waals surface area (Å²) in [6.45, 7) is 4.46. The average Bonchev–Trinajstić information content (AvgIpc) is 3.31. The molecule has 3 rings (SSSR count). The molecule has 0 saturated heterocycles. The molecule has 0 unspecified atom stereocenters. The summed E-state index contributed by atoms with van der Waals surface area (Å²) in [6.07, 6.45) is 0.982. The number of benzene rings is 2. The molecule has 2 aromatic carbocycles. The van der Waals surface area contributed by atoms with Gasteiger partial charge in [0.05, 0.1) is 10.1 Å². The fraction of sp³-hybridized carbons (Fsp3) is 0.368. The van der Waals surface area contributed by atoms with Gasteiger partial charge in [-0.1, -0.05) is 48.9 Å². The molecule has 3 nitrogen and oxygen atoms in total. The first-order valence-corrected chi connectivity index (χ1v) is 9.63. The minimum atomic E-state index is -3.34. The van der Waals surface area contributed by atoms with E-state index in [2.05, 4.69) is 31.2 Å². The number of sulfone groups is 1. The van der Waals surface area contributed by atoms with Crippen molar-refractivity contribution in [3.63, 3.8) is 0 Å². The zero-order chi connectivity index (χ0) is 16.6. The van der Waals surface area contributed by atoms with Crippen LogP contribution in [-0.2, 0) is 16.3 Å². The maximum Gasteiger partial charge on any atom is 0.182 e. The smallest absolute Gasteiger partial charge is 0.182 e. The van der Waals surface area contributed by atoms with Crippen LogP contribution in [0.2, 0.25) is 0 Å². The van der Waals surface area contributed by atoms with Crippen molar-refractivity contribution < 1.29 is 8.42 Å². The molecule has 2 aromatic rings. The van der Waals surface area contributed by atoms with Crippen LogP contribution < -0.4 is 5.73 Å². The Morgan fingerprint density at radius 3 is 2.13 bits per heavy atom. The Labute approximate surface area is 138 Å². The molecular weight excluding hydrogens is 306 g/mol. The van der Waals surface area contributed by atoms with Crippen LogP contribution in [0, 0.1) is 12.8 Å². The van der Waals surface area contributed by atoms with Gasteiger partial charge in [0, 0.05) is 5.92 Å². The molecule has 1 aliphatic carbocycles. The van der Waals surface area contributed by atoms with Crippen LogP contribution in [-0.4, -0.2) is 20.2 Å². The summed E-state index contributed by atoms with van der Waals surface area (Å²) >= 11 is 0. The van der Waals surface area contributed by atoms with Crippen molar-refractivity contribution in [1.82, 2.24) is 0 Å². The minimum absolute atomic E-state index is 0.00813. The summed E-state index contributed by atoms with van der Waals surface area (Å²) in [6, 6.07) is 15.4. The van der Waals surface area contributed by atoms with Crippen LogP contribution in [0.4, 0.5) is 0 Å². The van der Waals surface area contributed by atoms with Crippen molar-refractivity contribution in [2.45, 2.75) is 36.3 Å². The zero-order valence-corrected chi connectivity index (χ0v) is 14.4. The average molecular weight is 329 g/mol. The molecule has 0 bridgehead atoms. The topological polar surface area (TPSA) is 60.2 Å². The lowest BCUT2D eigenvalue weighted by Gasteiger charge is -2.05. The highest BCUT2D eigenvalue weighted by Gasteiger charge is 2.57. The van der Waals surface area contributed by atoms with Gasteiger partial charge in [0.2, 0.25) is 0 Å². The molecule has 2 N–H and O–H groups in total. The first-order valence-electron chi connectivity index (χ1n) is 8.08. The minimum Gasteiger partial charge on any atom is -0.330 e. The zero-order valence-electron chi connectivity index (χ0n) is 13.6. The van der Waals surface area contributed by atoms with Crippen LogP contribution in [0.25, 0.3) is 0 Å². The molecule has 1 aliphatic rings. The van der Waals surface area contributed by atoms with Crippen molar-refractivity contribution in [3.8, 4) is 0 Å². The van der Waals surface area contributed by atoms with Crippen LogP contribution in [0.15, 0.2) is 53.4 Å². The lowest BCUT2D eigenvalue weighted by atomic mass is 10.1. The molecule has 0 amide bonds. The van der Waals surface area contributed by atoms with Gasteiger partial charge in [-0.25, -0.2) is 8.42 Å². The standard InChI is InChI=1S/C19H23NO2S/c1-3-14-6-8-15(9-7-14)18-17(12-20)19(18)23(21,22)16-10-4-13(2)5-11-16/h4-11,17-19H,3,12,20H2,1-2H3/t17-,18-,19-/m1/s1. The van der Waals surface area contributed by atoms with Gasteiger partial charge in [-0.15, -0.1) is 0 Å². The quantitative estimate of drug-likeness (QED) is 0.917. The van der Waals surface area contributed by atoms with Crippen molar-refractivity contribution in [3.05, 3.63) is 65.2 Å². The van der Waals surface area contributed by atoms with Crippen molar-refractivity contribution in [2.75, 3.05) is 6.54 Å². The third-order valence-electron chi connectivity index (χ3n) is 4.85. The third-order valence-corrected chi connectivity index (χ3v) is 7.14. The second-order valence-corrected chi connectivity index (χ2v) is 8.45. The lowest BCUT2D eigenvalue weighted by molar-refractivity contribution is 0.591. The second-order valence-electron chi connectivity index (χ2n) is 6.34. The molecule has 3 atom stereocenters. The Balaban J connectivity index is 1.90. The van der Waals surface area contributed by atoms with Gasteiger partial charge >= 0.3 is 0 Å². The summed E-state index contributed by atoms with van der Waals surface area (Å²) in [5.74, 6) is 0.0194. The van der Waals surface area contributed by atoms with E-state index in [1.165, 1.54) is 5.56 Å². The number of aryl methyl sites for hydroxylation is 2. The molecule has 0 spiro atoms. The van der Waals surface area contributed by atoms with E-state index < -0.39 is 15.1 Å². The Hall–Kier alpha value is -1.65. The second kappa shape index (κ2) is 6.10. The van der Waals surface area contributed by atoms with Crippen LogP contribution in [0.3, 0.4) is 0 Å². The maximum absolute atomic E-state index is 12.9. The van der Waals surface area contributed by atoms with Crippen LogP contribution >= 0.6 is 0 Å². The van der Waals surface area contributed by atoms with Gasteiger partial charge in [-0.3, -0.25) is 0 Å². The summed E-state index contributed by atoms with van der Waals surface area (Å²) in [7, 11) is -3.34. The van der Waals surface area contributed by atoms with Crippen molar-refractivity contribution >= 4 is 9.84 Å². The van der Waals surface area contributed by atoms with E-state index in [0.29, 0.717) is 11.4 Å². The molecule has 0 radical (unpaired) electrons. The molecular formula is C19H23NO2S. The Bertz CT molecular complexity index is 779. The van der Waals surface area contributed by atoms with Gasteiger partial charge < -0.3 is 5.73 Å². The van der Waals surface area contributed by atoms with Crippen LogP contribution in [0.5, 0.6) is 0 Å². The normalized spacial score (nSPS) is 23.7. The predicted molar refractivity (Wildman–Crippen MR) is 93.3 cm³/mol. The molecule has 1 saturated carbocycles. The van der Waals surface area contributed by atoms with Gasteiger partial charge in [-0.2, -0.15) is 0 Å². The number of rotatable bonds is 5. The SMILES string of the molecule is CCc1ccc([C@@H]2[C@@H](CN)[C@H]2S(=O)(=O)c2ccc(C)cc2)cc1. The summed E-state index contributed by atoms with van der Waals surface area (Å²) in [5.41, 5.74) is 9.24. The Morgan fingerprint density at radius 1 is 1.00 bits per heavy atom. The molecule has 122 valence electrons. The highest BCUT2D eigenvalue weighted by atomic mass is 32.2. The largest absolute Gasteiger partial charge is 0.330 e. The van der Waals surface area contributed by atoms with E-state index in [1.807, 2.05) is 19.1 Å². The highest BCUT2D eigenvalue weighted by Crippen LogP contribution is 2.53. The highest BCUT2D eigenvalue weighted by molar-refractivity contribution is 7.92. The Morgan fingerprint density at radius 2 is 1.61 bits per heavy atom. The van der Waals surface area contributed by atoms with Crippen LogP contribution in [0.1, 0.15) is 29.5 Å². The molecule has 4 heteroatoms. The lowest BCUT2D eigenvalue weighted by Crippen LogP contribution is -2.13. The number of nitrogens with two attached hydrogens (primary N) is 1. The van der Waals surface area contributed by atoms with E-state index in [-0.39, 0.29) is 11.8 Å². The monoisotopic (exact) mass is 329 g/mol. The summed E-state index contributed by atoms with van der Waals surface area (Å²) in [5, 5.41) is -0.400. The van der Waals surface area contributed by atoms with E-state index in [0.717, 1.165) is 17.5 Å². The molecule has 0 heterocycles. The van der Waals surface area contributed by atoms with Crippen molar-refractivity contribution in [2.24, 2.45) is 11.7 Å². The van der Waals surface area contributed by atoms with E-state index in [1.54, 1.807) is 12.1 Å². The predicted octanol–water partition coefficient (Wildman–Crippen LogP) is 3.07. The van der Waals surface area contributed by atoms with E-state index in [9.17, 15) is 8.42 Å². The fourth-order valence-corrected chi connectivity index (χ4v) is 5.57. The Kier molecular flexibility index (Phi) is 4.30. The number of hydrogen-bond acceptors (Lipinski definition) is 3. The maximum atomic E-state index is 12.9. The first kappa shape index (κ1) is 16.2. The van der Waals surface area contributed by atoms with Gasteiger partial charge in [0.1, 0.15) is 0 Å². The van der Waals surface area contributed by atoms with E-state index >= 15 is 0 Å². The van der Waals surface area contributed by atoms with Gasteiger partial charge in [0.15, 0.2) is 9.84 Å². The third kappa shape index (κ3) is 2.93. The fourth-order valence-electron chi connectivity index (χ4n) is 3.34. The molecule has 23 heavy (non-hydrogen) atoms. The number of hydrogen-bond donors (Lipinski definition) is 1. The summed E-state index contributed by atoms with van der Waals surface area (Å²) < 4.78 is 25.9. The van der Waals surface area contributed by atoms with Gasteiger partial charge in [-0.05, 0) is 49.1 Å². The van der Waals surface area contributed by atoms with Gasteiger partial charge in [0.25, 0.3) is 0 Å². The van der Waals surface area contributed by atoms with E-state index in [4.69, 9.17) is 5.73 Å². The van der Waals surface area contributed by atoms with Crippen molar-refractivity contribution in [1.29, 1.82) is 0 Å². The molecule has 1 fully saturated rings. The first-order chi connectivity index (χ1) is 11.0. The molecule has 0 aromatic heterocycles.